The van der Waals surface area contributed by atoms with E-state index < -0.39 is 23.4 Å². The van der Waals surface area contributed by atoms with Crippen molar-refractivity contribution in [2.45, 2.75) is 70.8 Å². The molecule has 0 aromatic carbocycles. The van der Waals surface area contributed by atoms with Gasteiger partial charge in [0.05, 0.1) is 0 Å². The fourth-order valence-corrected chi connectivity index (χ4v) is 7.45. The topological polar surface area (TPSA) is 91.7 Å². The molecule has 4 aliphatic carbocycles. The van der Waals surface area contributed by atoms with Gasteiger partial charge in [-0.15, -0.1) is 0 Å². The van der Waals surface area contributed by atoms with Crippen molar-refractivity contribution in [3.8, 4) is 0 Å². The molecule has 5 heteroatoms. The van der Waals surface area contributed by atoms with E-state index in [1.807, 2.05) is 6.92 Å². The minimum absolute atomic E-state index is 0.0565. The Morgan fingerprint density at radius 1 is 1.15 bits per heavy atom. The first kappa shape index (κ1) is 18.3. The zero-order valence-corrected chi connectivity index (χ0v) is 15.8. The van der Waals surface area contributed by atoms with Gasteiger partial charge in [-0.05, 0) is 55.3 Å². The highest BCUT2D eigenvalue weighted by atomic mass is 16.3. The van der Waals surface area contributed by atoms with Crippen LogP contribution in [0.2, 0.25) is 0 Å². The average Bonchev–Trinajstić information content (AvgIpc) is 2.86. The van der Waals surface area contributed by atoms with E-state index in [0.29, 0.717) is 25.0 Å². The number of hydrogen-bond donors (Lipinski definition) is 2. The summed E-state index contributed by atoms with van der Waals surface area (Å²) in [5, 5.41) is 20.5. The largest absolute Gasteiger partial charge is 0.388 e. The van der Waals surface area contributed by atoms with Crippen molar-refractivity contribution < 1.29 is 24.6 Å². The molecule has 26 heavy (non-hydrogen) atoms. The van der Waals surface area contributed by atoms with Crippen molar-refractivity contribution in [2.75, 3.05) is 6.61 Å². The zero-order valence-electron chi connectivity index (χ0n) is 15.8. The van der Waals surface area contributed by atoms with Crippen LogP contribution < -0.4 is 0 Å². The number of aliphatic hydroxyl groups excluding tert-OH is 1. The van der Waals surface area contributed by atoms with Crippen molar-refractivity contribution in [3.05, 3.63) is 0 Å². The van der Waals surface area contributed by atoms with E-state index in [1.54, 1.807) is 0 Å². The normalized spacial score (nSPS) is 50.8. The van der Waals surface area contributed by atoms with Crippen LogP contribution in [0.15, 0.2) is 0 Å². The fourth-order valence-electron chi connectivity index (χ4n) is 7.45. The Labute approximate surface area is 154 Å². The van der Waals surface area contributed by atoms with Crippen LogP contribution in [0.5, 0.6) is 0 Å². The molecule has 5 nitrogen and oxygen atoms in total. The maximum atomic E-state index is 13.3. The molecule has 0 spiro atoms. The fraction of sp³-hybridized carbons (Fsp3) is 0.857. The molecule has 4 aliphatic rings. The molecule has 0 aromatic rings. The van der Waals surface area contributed by atoms with Gasteiger partial charge in [-0.3, -0.25) is 14.4 Å². The lowest BCUT2D eigenvalue weighted by Crippen LogP contribution is -2.62. The van der Waals surface area contributed by atoms with Gasteiger partial charge in [0.1, 0.15) is 23.8 Å². The second kappa shape index (κ2) is 5.71. The third-order valence-electron chi connectivity index (χ3n) is 8.93. The Morgan fingerprint density at radius 3 is 2.58 bits per heavy atom. The van der Waals surface area contributed by atoms with E-state index in [-0.39, 0.29) is 41.3 Å². The smallest absolute Gasteiger partial charge is 0.190 e. The molecule has 2 N–H and O–H groups in total. The van der Waals surface area contributed by atoms with Gasteiger partial charge in [0.25, 0.3) is 0 Å². The second-order valence-electron chi connectivity index (χ2n) is 9.81. The maximum absolute atomic E-state index is 13.3. The van der Waals surface area contributed by atoms with Crippen molar-refractivity contribution in [2.24, 2.45) is 34.5 Å². The van der Waals surface area contributed by atoms with Gasteiger partial charge < -0.3 is 10.2 Å². The van der Waals surface area contributed by atoms with Gasteiger partial charge in [-0.2, -0.15) is 0 Å². The van der Waals surface area contributed by atoms with E-state index >= 15 is 0 Å². The van der Waals surface area contributed by atoms with Crippen LogP contribution in [0.25, 0.3) is 0 Å². The molecule has 0 bridgehead atoms. The monoisotopic (exact) mass is 362 g/mol. The number of fused-ring (bicyclic) bond motifs is 5. The minimum atomic E-state index is -1.59. The highest BCUT2D eigenvalue weighted by Gasteiger charge is 2.68. The molecule has 0 aromatic heterocycles. The molecule has 0 amide bonds. The Balaban J connectivity index is 1.71. The van der Waals surface area contributed by atoms with Crippen molar-refractivity contribution in [3.63, 3.8) is 0 Å². The van der Waals surface area contributed by atoms with E-state index in [0.717, 1.165) is 25.7 Å². The highest BCUT2D eigenvalue weighted by Crippen LogP contribution is 2.67. The van der Waals surface area contributed by atoms with E-state index in [1.165, 1.54) is 0 Å². The Bertz CT molecular complexity index is 671. The SMILES string of the molecule is CC12CCC(=O)CC1CCC1C2C(=O)CC2(C)C1CCC2(O)C(=O)CO. The summed E-state index contributed by atoms with van der Waals surface area (Å²) in [4.78, 5) is 37.6. The predicted octanol–water partition coefficient (Wildman–Crippen LogP) is 2.07. The minimum Gasteiger partial charge on any atom is -0.388 e. The predicted molar refractivity (Wildman–Crippen MR) is 94.2 cm³/mol. The third-order valence-corrected chi connectivity index (χ3v) is 8.93. The number of hydrogen-bond acceptors (Lipinski definition) is 5. The van der Waals surface area contributed by atoms with Crippen LogP contribution in [0.3, 0.4) is 0 Å². The lowest BCUT2D eigenvalue weighted by molar-refractivity contribution is -0.178. The molecule has 7 unspecified atom stereocenters. The van der Waals surface area contributed by atoms with Crippen molar-refractivity contribution in [1.29, 1.82) is 0 Å². The van der Waals surface area contributed by atoms with Gasteiger partial charge in [0, 0.05) is 30.6 Å². The number of carbonyl (C=O) groups excluding carboxylic acids is 3. The van der Waals surface area contributed by atoms with Gasteiger partial charge in [0.2, 0.25) is 0 Å². The van der Waals surface area contributed by atoms with E-state index in [4.69, 9.17) is 0 Å². The molecule has 0 radical (unpaired) electrons. The average molecular weight is 362 g/mol. The molecule has 0 heterocycles. The van der Waals surface area contributed by atoms with E-state index in [2.05, 4.69) is 6.92 Å². The van der Waals surface area contributed by atoms with Crippen LogP contribution in [0, 0.1) is 34.5 Å². The molecule has 0 aliphatic heterocycles. The zero-order chi connectivity index (χ0) is 18.9. The summed E-state index contributed by atoms with van der Waals surface area (Å²) in [6, 6.07) is 0. The summed E-state index contributed by atoms with van der Waals surface area (Å²) in [6.07, 6.45) is 5.07. The molecule has 4 rings (SSSR count). The second-order valence-corrected chi connectivity index (χ2v) is 9.81. The van der Waals surface area contributed by atoms with Gasteiger partial charge in [-0.25, -0.2) is 0 Å². The number of carbonyl (C=O) groups is 3. The summed E-state index contributed by atoms with van der Waals surface area (Å²) < 4.78 is 0. The maximum Gasteiger partial charge on any atom is 0.190 e. The van der Waals surface area contributed by atoms with Crippen LogP contribution in [-0.4, -0.2) is 39.8 Å². The summed E-state index contributed by atoms with van der Waals surface area (Å²) in [5.41, 5.74) is -2.50. The third kappa shape index (κ3) is 2.13. The summed E-state index contributed by atoms with van der Waals surface area (Å²) >= 11 is 0. The Morgan fingerprint density at radius 2 is 1.88 bits per heavy atom. The molecule has 0 saturated heterocycles. The number of ketones is 3. The van der Waals surface area contributed by atoms with Crippen LogP contribution in [0.4, 0.5) is 0 Å². The Kier molecular flexibility index (Phi) is 4.02. The van der Waals surface area contributed by atoms with Gasteiger partial charge in [-0.1, -0.05) is 13.8 Å². The Hall–Kier alpha value is -1.07. The van der Waals surface area contributed by atoms with Crippen LogP contribution >= 0.6 is 0 Å². The van der Waals surface area contributed by atoms with Crippen molar-refractivity contribution in [1.82, 2.24) is 0 Å². The first-order valence-electron chi connectivity index (χ1n) is 10.1. The summed E-state index contributed by atoms with van der Waals surface area (Å²) in [5.74, 6) is 0.468. The van der Waals surface area contributed by atoms with E-state index in [9.17, 15) is 24.6 Å². The summed E-state index contributed by atoms with van der Waals surface area (Å²) in [6.45, 7) is 3.40. The first-order valence-corrected chi connectivity index (χ1v) is 10.1. The molecular formula is C21H30O5. The molecule has 4 saturated carbocycles. The van der Waals surface area contributed by atoms with Crippen molar-refractivity contribution >= 4 is 17.3 Å². The van der Waals surface area contributed by atoms with Gasteiger partial charge >= 0.3 is 0 Å². The standard InChI is InChI=1S/C21H30O5/c1-19-7-5-13(23)9-12(19)3-4-14-15-6-8-21(26,17(25)11-22)20(15,2)10-16(24)18(14)19/h12,14-15,18,22,26H,3-11H2,1-2H3. The molecule has 144 valence electrons. The number of Topliss-reactive ketones (excluding diaryl/α,β-unsaturated/α-hetero) is 3. The first-order chi connectivity index (χ1) is 12.2. The molecular weight excluding hydrogens is 332 g/mol. The molecule has 7 atom stereocenters. The highest BCUT2D eigenvalue weighted by molar-refractivity contribution is 5.92. The lowest BCUT2D eigenvalue weighted by Gasteiger charge is -2.59. The van der Waals surface area contributed by atoms with Crippen LogP contribution in [0.1, 0.15) is 65.2 Å². The van der Waals surface area contributed by atoms with Gasteiger partial charge in [0.15, 0.2) is 5.78 Å². The molecule has 4 fully saturated rings. The number of aliphatic hydroxyl groups is 2. The quantitative estimate of drug-likeness (QED) is 0.785. The number of rotatable bonds is 2. The van der Waals surface area contributed by atoms with Crippen LogP contribution in [-0.2, 0) is 14.4 Å². The summed E-state index contributed by atoms with van der Waals surface area (Å²) in [7, 11) is 0. The lowest BCUT2D eigenvalue weighted by atomic mass is 9.44.